The van der Waals surface area contributed by atoms with Gasteiger partial charge in [0, 0.05) is 22.3 Å². The van der Waals surface area contributed by atoms with E-state index in [1.807, 2.05) is 18.2 Å². The molecule has 0 aliphatic heterocycles. The number of halogens is 2. The first-order valence-corrected chi connectivity index (χ1v) is 6.33. The first-order valence-electron chi connectivity index (χ1n) is 5.57. The minimum atomic E-state index is -1.02. The van der Waals surface area contributed by atoms with Gasteiger partial charge < -0.3 is 10.4 Å². The fourth-order valence-electron chi connectivity index (χ4n) is 1.69. The number of nitrogens with one attached hydrogen (secondary N) is 1. The molecule has 98 valence electrons. The molecule has 0 amide bonds. The highest BCUT2D eigenvalue weighted by Crippen LogP contribution is 2.21. The molecule has 2 rings (SSSR count). The summed E-state index contributed by atoms with van der Waals surface area (Å²) in [5.74, 6) is -1.02. The zero-order valence-electron chi connectivity index (χ0n) is 9.86. The van der Waals surface area contributed by atoms with E-state index in [4.69, 9.17) is 28.3 Å². The van der Waals surface area contributed by atoms with E-state index < -0.39 is 5.97 Å². The molecular formula is C14H11Cl2NO2. The average Bonchev–Trinajstić information content (AvgIpc) is 2.37. The molecule has 0 bridgehead atoms. The number of carbonyl (C=O) groups is 1. The average molecular weight is 296 g/mol. The molecule has 19 heavy (non-hydrogen) atoms. The Labute approximate surface area is 120 Å². The van der Waals surface area contributed by atoms with Crippen LogP contribution in [0.25, 0.3) is 0 Å². The molecule has 0 aliphatic rings. The van der Waals surface area contributed by atoms with Crippen LogP contribution in [0.15, 0.2) is 42.5 Å². The number of anilines is 1. The van der Waals surface area contributed by atoms with Gasteiger partial charge in [0.1, 0.15) is 0 Å². The van der Waals surface area contributed by atoms with Crippen molar-refractivity contribution in [2.45, 2.75) is 6.54 Å². The van der Waals surface area contributed by atoms with Crippen LogP contribution in [0, 0.1) is 0 Å². The molecule has 0 radical (unpaired) electrons. The highest BCUT2D eigenvalue weighted by molar-refractivity contribution is 6.31. The number of benzene rings is 2. The number of hydrogen-bond acceptors (Lipinski definition) is 2. The summed E-state index contributed by atoms with van der Waals surface area (Å²) >= 11 is 11.7. The van der Waals surface area contributed by atoms with Gasteiger partial charge in [-0.25, -0.2) is 4.79 Å². The molecule has 3 nitrogen and oxygen atoms in total. The normalized spacial score (nSPS) is 10.2. The monoisotopic (exact) mass is 295 g/mol. The highest BCUT2D eigenvalue weighted by Gasteiger charge is 2.10. The largest absolute Gasteiger partial charge is 0.478 e. The van der Waals surface area contributed by atoms with Crippen molar-refractivity contribution >= 4 is 34.9 Å². The van der Waals surface area contributed by atoms with Gasteiger partial charge in [-0.05, 0) is 35.9 Å². The fourth-order valence-corrected chi connectivity index (χ4v) is 2.08. The number of hydrogen-bond donors (Lipinski definition) is 2. The summed E-state index contributed by atoms with van der Waals surface area (Å²) in [5.41, 5.74) is 1.64. The molecule has 0 saturated heterocycles. The third-order valence-corrected chi connectivity index (χ3v) is 3.05. The van der Waals surface area contributed by atoms with Crippen molar-refractivity contribution < 1.29 is 9.90 Å². The van der Waals surface area contributed by atoms with Crippen LogP contribution in [0.2, 0.25) is 10.0 Å². The van der Waals surface area contributed by atoms with Crippen LogP contribution >= 0.6 is 23.2 Å². The van der Waals surface area contributed by atoms with E-state index in [2.05, 4.69) is 5.32 Å². The lowest BCUT2D eigenvalue weighted by Crippen LogP contribution is -2.06. The van der Waals surface area contributed by atoms with Gasteiger partial charge in [0.15, 0.2) is 0 Å². The third kappa shape index (κ3) is 3.63. The lowest BCUT2D eigenvalue weighted by atomic mass is 10.1. The molecule has 5 heteroatoms. The SMILES string of the molecule is O=C(O)c1cc(Cl)ccc1NCc1cccc(Cl)c1. The van der Waals surface area contributed by atoms with E-state index in [1.165, 1.54) is 6.07 Å². The summed E-state index contributed by atoms with van der Waals surface area (Å²) in [6.45, 7) is 0.489. The molecule has 2 N–H and O–H groups in total. The molecule has 0 atom stereocenters. The maximum Gasteiger partial charge on any atom is 0.337 e. The molecule has 2 aromatic carbocycles. The summed E-state index contributed by atoms with van der Waals surface area (Å²) in [4.78, 5) is 11.1. The molecule has 0 aliphatic carbocycles. The van der Waals surface area contributed by atoms with Gasteiger partial charge in [-0.2, -0.15) is 0 Å². The molecule has 0 unspecified atom stereocenters. The van der Waals surface area contributed by atoms with E-state index in [9.17, 15) is 4.79 Å². The van der Waals surface area contributed by atoms with Crippen LogP contribution < -0.4 is 5.32 Å². The lowest BCUT2D eigenvalue weighted by molar-refractivity contribution is 0.0698. The highest BCUT2D eigenvalue weighted by atomic mass is 35.5. The zero-order chi connectivity index (χ0) is 13.8. The van der Waals surface area contributed by atoms with Crippen molar-refractivity contribution in [3.8, 4) is 0 Å². The number of carboxylic acid groups (broad SMARTS) is 1. The van der Waals surface area contributed by atoms with Crippen LogP contribution in [0.4, 0.5) is 5.69 Å². The number of rotatable bonds is 4. The van der Waals surface area contributed by atoms with E-state index in [0.29, 0.717) is 22.3 Å². The van der Waals surface area contributed by atoms with Crippen molar-refractivity contribution in [1.29, 1.82) is 0 Å². The van der Waals surface area contributed by atoms with Crippen molar-refractivity contribution in [2.75, 3.05) is 5.32 Å². The predicted molar refractivity (Wildman–Crippen MR) is 77.2 cm³/mol. The van der Waals surface area contributed by atoms with Gasteiger partial charge in [-0.3, -0.25) is 0 Å². The Morgan fingerprint density at radius 1 is 1.11 bits per heavy atom. The maximum atomic E-state index is 11.1. The molecule has 0 saturated carbocycles. The molecule has 0 aromatic heterocycles. The van der Waals surface area contributed by atoms with E-state index >= 15 is 0 Å². The second-order valence-electron chi connectivity index (χ2n) is 3.98. The van der Waals surface area contributed by atoms with Crippen LogP contribution in [0.5, 0.6) is 0 Å². The standard InChI is InChI=1S/C14H11Cl2NO2/c15-10-3-1-2-9(6-10)8-17-13-5-4-11(16)7-12(13)14(18)19/h1-7,17H,8H2,(H,18,19). The van der Waals surface area contributed by atoms with Gasteiger partial charge in [0.05, 0.1) is 5.56 Å². The second-order valence-corrected chi connectivity index (χ2v) is 4.85. The third-order valence-electron chi connectivity index (χ3n) is 2.58. The van der Waals surface area contributed by atoms with Crippen LogP contribution in [0.1, 0.15) is 15.9 Å². The predicted octanol–water partition coefficient (Wildman–Crippen LogP) is 4.30. The molecule has 0 fully saturated rings. The number of aromatic carboxylic acids is 1. The molecular weight excluding hydrogens is 285 g/mol. The quantitative estimate of drug-likeness (QED) is 0.884. The fraction of sp³-hybridized carbons (Fsp3) is 0.0714. The first-order chi connectivity index (χ1) is 9.06. The van der Waals surface area contributed by atoms with Crippen molar-refractivity contribution in [2.24, 2.45) is 0 Å². The Balaban J connectivity index is 2.17. The summed E-state index contributed by atoms with van der Waals surface area (Å²) < 4.78 is 0. The van der Waals surface area contributed by atoms with Crippen LogP contribution in [-0.4, -0.2) is 11.1 Å². The molecule has 0 heterocycles. The number of carboxylic acids is 1. The van der Waals surface area contributed by atoms with E-state index in [-0.39, 0.29) is 5.56 Å². The summed E-state index contributed by atoms with van der Waals surface area (Å²) in [5, 5.41) is 13.2. The van der Waals surface area contributed by atoms with Crippen LogP contribution in [-0.2, 0) is 6.54 Å². The van der Waals surface area contributed by atoms with Crippen molar-refractivity contribution in [1.82, 2.24) is 0 Å². The summed E-state index contributed by atoms with van der Waals surface area (Å²) in [6.07, 6.45) is 0. The summed E-state index contributed by atoms with van der Waals surface area (Å²) in [6, 6.07) is 12.1. The smallest absolute Gasteiger partial charge is 0.337 e. The first kappa shape index (κ1) is 13.7. The topological polar surface area (TPSA) is 49.3 Å². The zero-order valence-corrected chi connectivity index (χ0v) is 11.4. The van der Waals surface area contributed by atoms with E-state index in [0.717, 1.165) is 5.56 Å². The van der Waals surface area contributed by atoms with Gasteiger partial charge >= 0.3 is 5.97 Å². The Morgan fingerprint density at radius 3 is 2.53 bits per heavy atom. The van der Waals surface area contributed by atoms with E-state index in [1.54, 1.807) is 18.2 Å². The second kappa shape index (κ2) is 5.95. The minimum absolute atomic E-state index is 0.148. The Morgan fingerprint density at radius 2 is 1.84 bits per heavy atom. The lowest BCUT2D eigenvalue weighted by Gasteiger charge is -2.10. The molecule has 2 aromatic rings. The summed E-state index contributed by atoms with van der Waals surface area (Å²) in [7, 11) is 0. The Kier molecular flexibility index (Phi) is 4.30. The van der Waals surface area contributed by atoms with Crippen LogP contribution in [0.3, 0.4) is 0 Å². The molecule has 0 spiro atoms. The van der Waals surface area contributed by atoms with Gasteiger partial charge in [-0.1, -0.05) is 35.3 Å². The van der Waals surface area contributed by atoms with Gasteiger partial charge in [0.2, 0.25) is 0 Å². The Hall–Kier alpha value is -1.71. The van der Waals surface area contributed by atoms with Gasteiger partial charge in [-0.15, -0.1) is 0 Å². The van der Waals surface area contributed by atoms with Crippen molar-refractivity contribution in [3.05, 3.63) is 63.6 Å². The minimum Gasteiger partial charge on any atom is -0.478 e. The Bertz CT molecular complexity index is 614. The van der Waals surface area contributed by atoms with Crippen molar-refractivity contribution in [3.63, 3.8) is 0 Å². The van der Waals surface area contributed by atoms with Gasteiger partial charge in [0.25, 0.3) is 0 Å². The maximum absolute atomic E-state index is 11.1.